The summed E-state index contributed by atoms with van der Waals surface area (Å²) in [5.41, 5.74) is 0.326. The van der Waals surface area contributed by atoms with Crippen LogP contribution in [0.15, 0.2) is 22.3 Å². The summed E-state index contributed by atoms with van der Waals surface area (Å²) in [6.07, 6.45) is 0.173. The van der Waals surface area contributed by atoms with Crippen LogP contribution in [0.25, 0.3) is 10.9 Å². The average molecular weight is 337 g/mol. The summed E-state index contributed by atoms with van der Waals surface area (Å²) in [6, 6.07) is 1.77. The highest BCUT2D eigenvalue weighted by Gasteiger charge is 2.13. The first-order valence-electron chi connectivity index (χ1n) is 6.83. The van der Waals surface area contributed by atoms with Crippen LogP contribution < -0.4 is 5.56 Å². The van der Waals surface area contributed by atoms with Crippen molar-refractivity contribution in [1.29, 1.82) is 0 Å². The van der Waals surface area contributed by atoms with E-state index in [0.717, 1.165) is 22.8 Å². The Hall–Kier alpha value is -2.19. The Morgan fingerprint density at radius 3 is 2.78 bits per heavy atom. The van der Waals surface area contributed by atoms with E-state index in [1.807, 2.05) is 12.3 Å². The number of H-pyrrole nitrogens is 1. The smallest absolute Gasteiger partial charge is 0.258 e. The van der Waals surface area contributed by atoms with E-state index in [4.69, 9.17) is 4.74 Å². The van der Waals surface area contributed by atoms with Gasteiger partial charge in [0.15, 0.2) is 11.6 Å². The molecule has 1 atom stereocenters. The Balaban J connectivity index is 1.96. The lowest BCUT2D eigenvalue weighted by atomic mass is 10.2. The topological polar surface area (TPSA) is 67.9 Å². The van der Waals surface area contributed by atoms with Crippen molar-refractivity contribution in [3.05, 3.63) is 56.0 Å². The van der Waals surface area contributed by atoms with Gasteiger partial charge in [-0.25, -0.2) is 18.7 Å². The van der Waals surface area contributed by atoms with Crippen LogP contribution in [0.1, 0.15) is 29.6 Å². The number of aromatic nitrogens is 3. The lowest BCUT2D eigenvalue weighted by Crippen LogP contribution is -2.13. The minimum absolute atomic E-state index is 0.0135. The van der Waals surface area contributed by atoms with Crippen LogP contribution in [0.4, 0.5) is 8.78 Å². The fourth-order valence-corrected chi connectivity index (χ4v) is 2.98. The van der Waals surface area contributed by atoms with Crippen LogP contribution >= 0.6 is 11.3 Å². The first-order chi connectivity index (χ1) is 11.0. The van der Waals surface area contributed by atoms with Gasteiger partial charge in [0.2, 0.25) is 0 Å². The zero-order chi connectivity index (χ0) is 16.6. The summed E-state index contributed by atoms with van der Waals surface area (Å²) >= 11 is 1.45. The number of aromatic amines is 1. The molecule has 3 aromatic rings. The van der Waals surface area contributed by atoms with Gasteiger partial charge >= 0.3 is 0 Å². The number of hydrogen-bond donors (Lipinski definition) is 1. The number of ether oxygens (including phenoxy) is 1. The van der Waals surface area contributed by atoms with E-state index >= 15 is 0 Å². The normalized spacial score (nSPS) is 12.7. The van der Waals surface area contributed by atoms with Crippen LogP contribution in [0, 0.1) is 11.6 Å². The third-order valence-corrected chi connectivity index (χ3v) is 4.47. The van der Waals surface area contributed by atoms with Crippen molar-refractivity contribution in [2.75, 3.05) is 7.11 Å². The molecule has 0 bridgehead atoms. The molecule has 0 saturated heterocycles. The van der Waals surface area contributed by atoms with Gasteiger partial charge < -0.3 is 9.72 Å². The summed E-state index contributed by atoms with van der Waals surface area (Å²) in [7, 11) is 1.60. The van der Waals surface area contributed by atoms with E-state index in [0.29, 0.717) is 5.82 Å². The van der Waals surface area contributed by atoms with Gasteiger partial charge in [-0.1, -0.05) is 0 Å². The van der Waals surface area contributed by atoms with Crippen molar-refractivity contribution in [2.45, 2.75) is 19.4 Å². The lowest BCUT2D eigenvalue weighted by molar-refractivity contribution is 0.119. The van der Waals surface area contributed by atoms with Crippen molar-refractivity contribution in [3.8, 4) is 0 Å². The van der Waals surface area contributed by atoms with Gasteiger partial charge in [-0.05, 0) is 13.0 Å². The molecule has 23 heavy (non-hydrogen) atoms. The molecule has 2 aromatic heterocycles. The molecule has 0 amide bonds. The molecule has 0 aliphatic carbocycles. The van der Waals surface area contributed by atoms with Crippen LogP contribution in [0.3, 0.4) is 0 Å². The first kappa shape index (κ1) is 15.7. The maximum atomic E-state index is 13.3. The summed E-state index contributed by atoms with van der Waals surface area (Å²) in [5.74, 6) is -1.77. The molecular weight excluding hydrogens is 324 g/mol. The van der Waals surface area contributed by atoms with Gasteiger partial charge in [0.1, 0.15) is 16.9 Å². The molecule has 0 radical (unpaired) electrons. The van der Waals surface area contributed by atoms with Gasteiger partial charge in [0.25, 0.3) is 5.56 Å². The van der Waals surface area contributed by atoms with Gasteiger partial charge in [-0.2, -0.15) is 0 Å². The molecule has 120 valence electrons. The van der Waals surface area contributed by atoms with Gasteiger partial charge in [0, 0.05) is 25.0 Å². The molecule has 0 spiro atoms. The molecule has 0 saturated carbocycles. The SMILES string of the molecule is CO[C@H](C)c1nc(Cc2nc3cc(F)c(F)cc3c(=O)[nH]2)cs1. The number of benzene rings is 1. The van der Waals surface area contributed by atoms with Crippen molar-refractivity contribution in [2.24, 2.45) is 0 Å². The standard InChI is InChI=1S/C15H13F2N3O2S/c1-7(22-2)15-18-8(6-23-15)3-13-19-12-5-11(17)10(16)4-9(12)14(21)20-13/h4-7H,3H2,1-2H3,(H,19,20,21)/t7-/m1/s1. The number of rotatable bonds is 4. The molecule has 8 heteroatoms. The van der Waals surface area contributed by atoms with Gasteiger partial charge in [-0.3, -0.25) is 4.79 Å². The Morgan fingerprint density at radius 2 is 2.04 bits per heavy atom. The second kappa shape index (κ2) is 6.13. The van der Waals surface area contributed by atoms with Crippen molar-refractivity contribution in [1.82, 2.24) is 15.0 Å². The van der Waals surface area contributed by atoms with E-state index in [9.17, 15) is 13.6 Å². The number of nitrogens with one attached hydrogen (secondary N) is 1. The van der Waals surface area contributed by atoms with Crippen LogP contribution in [-0.2, 0) is 11.2 Å². The summed E-state index contributed by atoms with van der Waals surface area (Å²) < 4.78 is 31.7. The highest BCUT2D eigenvalue weighted by molar-refractivity contribution is 7.09. The molecule has 3 rings (SSSR count). The van der Waals surface area contributed by atoms with E-state index in [2.05, 4.69) is 15.0 Å². The monoisotopic (exact) mass is 337 g/mol. The summed E-state index contributed by atoms with van der Waals surface area (Å²) in [5, 5.41) is 2.68. The van der Waals surface area contributed by atoms with Crippen LogP contribution in [0.5, 0.6) is 0 Å². The number of nitrogens with zero attached hydrogens (tertiary/aromatic N) is 2. The van der Waals surface area contributed by atoms with E-state index < -0.39 is 17.2 Å². The number of methoxy groups -OCH3 is 1. The third-order valence-electron chi connectivity index (χ3n) is 3.42. The molecule has 1 aromatic carbocycles. The van der Waals surface area contributed by atoms with Crippen molar-refractivity contribution >= 4 is 22.2 Å². The predicted octanol–water partition coefficient (Wildman–Crippen LogP) is 2.96. The van der Waals surface area contributed by atoms with E-state index in [1.54, 1.807) is 7.11 Å². The number of fused-ring (bicyclic) bond motifs is 1. The zero-order valence-corrected chi connectivity index (χ0v) is 13.2. The highest BCUT2D eigenvalue weighted by atomic mass is 32.1. The maximum absolute atomic E-state index is 13.3. The first-order valence-corrected chi connectivity index (χ1v) is 7.71. The Bertz CT molecular complexity index is 923. The second-order valence-electron chi connectivity index (χ2n) is 5.03. The predicted molar refractivity (Wildman–Crippen MR) is 82.6 cm³/mol. The second-order valence-corrected chi connectivity index (χ2v) is 5.92. The third kappa shape index (κ3) is 3.13. The number of hydrogen-bond acceptors (Lipinski definition) is 5. The molecule has 2 heterocycles. The lowest BCUT2D eigenvalue weighted by Gasteiger charge is -2.04. The highest BCUT2D eigenvalue weighted by Crippen LogP contribution is 2.21. The largest absolute Gasteiger partial charge is 0.375 e. The Labute approximate surface area is 134 Å². The average Bonchev–Trinajstić information content (AvgIpc) is 2.97. The summed E-state index contributed by atoms with van der Waals surface area (Å²) in [6.45, 7) is 1.89. The minimum atomic E-state index is -1.07. The Morgan fingerprint density at radius 1 is 1.30 bits per heavy atom. The molecule has 0 aliphatic heterocycles. The van der Waals surface area contributed by atoms with Crippen LogP contribution in [0.2, 0.25) is 0 Å². The fourth-order valence-electron chi connectivity index (χ4n) is 2.13. The zero-order valence-electron chi connectivity index (χ0n) is 12.4. The number of thiazole rings is 1. The fraction of sp³-hybridized carbons (Fsp3) is 0.267. The molecule has 0 unspecified atom stereocenters. The number of halogens is 2. The van der Waals surface area contributed by atoms with Crippen molar-refractivity contribution < 1.29 is 13.5 Å². The van der Waals surface area contributed by atoms with E-state index in [1.165, 1.54) is 11.3 Å². The Kier molecular flexibility index (Phi) is 4.18. The minimum Gasteiger partial charge on any atom is -0.375 e. The van der Waals surface area contributed by atoms with E-state index in [-0.39, 0.29) is 23.4 Å². The maximum Gasteiger partial charge on any atom is 0.258 e. The molecule has 0 fully saturated rings. The van der Waals surface area contributed by atoms with Gasteiger partial charge in [0.05, 0.1) is 16.6 Å². The summed E-state index contributed by atoms with van der Waals surface area (Å²) in [4.78, 5) is 23.2. The quantitative estimate of drug-likeness (QED) is 0.795. The van der Waals surface area contributed by atoms with Crippen LogP contribution in [-0.4, -0.2) is 22.1 Å². The molecular formula is C15H13F2N3O2S. The molecule has 1 N–H and O–H groups in total. The van der Waals surface area contributed by atoms with Crippen molar-refractivity contribution in [3.63, 3.8) is 0 Å². The van der Waals surface area contributed by atoms with Gasteiger partial charge in [-0.15, -0.1) is 11.3 Å². The molecule has 0 aliphatic rings. The molecule has 5 nitrogen and oxygen atoms in total.